The number of aliphatic carboxylic acids is 1. The van der Waals surface area contributed by atoms with Gasteiger partial charge >= 0.3 is 5.97 Å². The van der Waals surface area contributed by atoms with E-state index in [-0.39, 0.29) is 18.0 Å². The van der Waals surface area contributed by atoms with E-state index in [1.807, 2.05) is 18.2 Å². The number of pyridine rings is 1. The van der Waals surface area contributed by atoms with Crippen LogP contribution in [0.5, 0.6) is 0 Å². The van der Waals surface area contributed by atoms with E-state index in [1.165, 1.54) is 6.08 Å². The molecule has 29 heavy (non-hydrogen) atoms. The highest BCUT2D eigenvalue weighted by Gasteiger charge is 2.18. The molecule has 3 N–H and O–H groups in total. The first-order chi connectivity index (χ1) is 13.8. The Bertz CT molecular complexity index is 1150. The number of nitrogens with zero attached hydrogens (tertiary/aromatic N) is 1. The van der Waals surface area contributed by atoms with E-state index in [2.05, 4.69) is 13.8 Å². The van der Waals surface area contributed by atoms with Crippen LogP contribution >= 0.6 is 11.6 Å². The number of halogens is 1. The van der Waals surface area contributed by atoms with Gasteiger partial charge in [0.1, 0.15) is 0 Å². The standard InChI is InChI=1S/C23H23ClN2O3/c1-14(2)13-26-20(12-25)22(16-5-7-17(24)8-6-16)19-11-15(4-10-21(27)28)3-9-18(19)23(26)29/h3-11,14H,12-13,25H2,1-2H3,(H,27,28)/b10-4+. The second kappa shape index (κ2) is 8.64. The molecular formula is C23H23ClN2O3. The first kappa shape index (κ1) is 20.8. The summed E-state index contributed by atoms with van der Waals surface area (Å²) in [6, 6.07) is 12.7. The molecule has 0 radical (unpaired) electrons. The van der Waals surface area contributed by atoms with Crippen molar-refractivity contribution in [2.75, 3.05) is 0 Å². The lowest BCUT2D eigenvalue weighted by Crippen LogP contribution is -2.28. The predicted molar refractivity (Wildman–Crippen MR) is 118 cm³/mol. The Morgan fingerprint density at radius 3 is 2.45 bits per heavy atom. The molecule has 150 valence electrons. The fourth-order valence-electron chi connectivity index (χ4n) is 3.49. The third-order valence-corrected chi connectivity index (χ3v) is 4.95. The summed E-state index contributed by atoms with van der Waals surface area (Å²) in [6.07, 6.45) is 2.59. The highest BCUT2D eigenvalue weighted by molar-refractivity contribution is 6.30. The zero-order valence-electron chi connectivity index (χ0n) is 16.4. The van der Waals surface area contributed by atoms with Gasteiger partial charge < -0.3 is 15.4 Å². The predicted octanol–water partition coefficient (Wildman–Crippen LogP) is 4.53. The molecule has 0 fully saturated rings. The van der Waals surface area contributed by atoms with Gasteiger partial charge in [-0.05, 0) is 52.8 Å². The number of rotatable bonds is 6. The molecule has 3 rings (SSSR count). The van der Waals surface area contributed by atoms with Crippen molar-refractivity contribution in [1.82, 2.24) is 4.57 Å². The van der Waals surface area contributed by atoms with E-state index in [9.17, 15) is 9.59 Å². The largest absolute Gasteiger partial charge is 0.478 e. The number of carboxylic acid groups (broad SMARTS) is 1. The number of hydrogen-bond acceptors (Lipinski definition) is 3. The Morgan fingerprint density at radius 1 is 1.17 bits per heavy atom. The van der Waals surface area contributed by atoms with Gasteiger partial charge in [0.15, 0.2) is 0 Å². The Balaban J connectivity index is 2.41. The third-order valence-electron chi connectivity index (χ3n) is 4.70. The molecule has 0 bridgehead atoms. The van der Waals surface area contributed by atoms with E-state index >= 15 is 0 Å². The van der Waals surface area contributed by atoms with Crippen molar-refractivity contribution >= 4 is 34.4 Å². The minimum absolute atomic E-state index is 0.0966. The van der Waals surface area contributed by atoms with E-state index in [0.29, 0.717) is 22.5 Å². The molecule has 1 heterocycles. The summed E-state index contributed by atoms with van der Waals surface area (Å²) >= 11 is 6.07. The van der Waals surface area contributed by atoms with Crippen molar-refractivity contribution < 1.29 is 9.90 Å². The molecule has 5 nitrogen and oxygen atoms in total. The molecule has 0 aliphatic carbocycles. The average Bonchev–Trinajstić information content (AvgIpc) is 2.68. The van der Waals surface area contributed by atoms with Gasteiger partial charge in [-0.3, -0.25) is 4.79 Å². The van der Waals surface area contributed by atoms with Gasteiger partial charge in [0.25, 0.3) is 5.56 Å². The second-order valence-electron chi connectivity index (χ2n) is 7.32. The number of hydrogen-bond donors (Lipinski definition) is 2. The van der Waals surface area contributed by atoms with E-state index < -0.39 is 5.97 Å². The van der Waals surface area contributed by atoms with Crippen LogP contribution in [0.15, 0.2) is 53.3 Å². The van der Waals surface area contributed by atoms with Gasteiger partial charge in [0.05, 0.1) is 0 Å². The van der Waals surface area contributed by atoms with Crippen molar-refractivity contribution in [3.05, 3.63) is 75.2 Å². The van der Waals surface area contributed by atoms with Gasteiger partial charge in [-0.1, -0.05) is 43.6 Å². The Labute approximate surface area is 174 Å². The van der Waals surface area contributed by atoms with Gasteiger partial charge in [-0.2, -0.15) is 0 Å². The summed E-state index contributed by atoms with van der Waals surface area (Å²) < 4.78 is 1.75. The number of fused-ring (bicyclic) bond motifs is 1. The molecule has 0 unspecified atom stereocenters. The van der Waals surface area contributed by atoms with Crippen molar-refractivity contribution in [2.24, 2.45) is 11.7 Å². The molecule has 2 aromatic carbocycles. The summed E-state index contributed by atoms with van der Waals surface area (Å²) in [4.78, 5) is 24.1. The van der Waals surface area contributed by atoms with E-state index in [4.69, 9.17) is 22.4 Å². The van der Waals surface area contributed by atoms with Gasteiger partial charge in [-0.15, -0.1) is 0 Å². The lowest BCUT2D eigenvalue weighted by Gasteiger charge is -2.21. The van der Waals surface area contributed by atoms with Gasteiger partial charge in [-0.25, -0.2) is 4.79 Å². The quantitative estimate of drug-likeness (QED) is 0.584. The zero-order valence-corrected chi connectivity index (χ0v) is 17.1. The molecular weight excluding hydrogens is 388 g/mol. The normalized spacial score (nSPS) is 11.6. The highest BCUT2D eigenvalue weighted by atomic mass is 35.5. The molecule has 0 aliphatic heterocycles. The highest BCUT2D eigenvalue weighted by Crippen LogP contribution is 2.32. The minimum Gasteiger partial charge on any atom is -0.478 e. The maximum atomic E-state index is 13.2. The summed E-state index contributed by atoms with van der Waals surface area (Å²) in [7, 11) is 0. The Kier molecular flexibility index (Phi) is 6.20. The Hall–Kier alpha value is -2.89. The van der Waals surface area contributed by atoms with Crippen LogP contribution in [-0.4, -0.2) is 15.6 Å². The topological polar surface area (TPSA) is 85.3 Å². The van der Waals surface area contributed by atoms with Crippen molar-refractivity contribution in [3.63, 3.8) is 0 Å². The van der Waals surface area contributed by atoms with Crippen molar-refractivity contribution in [3.8, 4) is 11.1 Å². The number of benzene rings is 2. The van der Waals surface area contributed by atoms with Crippen LogP contribution in [0.25, 0.3) is 28.0 Å². The number of nitrogens with two attached hydrogens (primary N) is 1. The summed E-state index contributed by atoms with van der Waals surface area (Å²) in [6.45, 7) is 4.87. The molecule has 6 heteroatoms. The van der Waals surface area contributed by atoms with Crippen LogP contribution in [0, 0.1) is 5.92 Å². The Morgan fingerprint density at radius 2 is 1.86 bits per heavy atom. The molecule has 0 atom stereocenters. The molecule has 0 saturated carbocycles. The molecule has 3 aromatic rings. The zero-order chi connectivity index (χ0) is 21.1. The van der Waals surface area contributed by atoms with Crippen molar-refractivity contribution in [1.29, 1.82) is 0 Å². The van der Waals surface area contributed by atoms with Crippen LogP contribution in [0.4, 0.5) is 0 Å². The smallest absolute Gasteiger partial charge is 0.328 e. The van der Waals surface area contributed by atoms with E-state index in [0.717, 1.165) is 28.3 Å². The number of carboxylic acids is 1. The van der Waals surface area contributed by atoms with Crippen molar-refractivity contribution in [2.45, 2.75) is 26.9 Å². The van der Waals surface area contributed by atoms with Crippen LogP contribution in [0.1, 0.15) is 25.1 Å². The summed E-state index contributed by atoms with van der Waals surface area (Å²) in [5, 5.41) is 10.9. The lowest BCUT2D eigenvalue weighted by molar-refractivity contribution is -0.131. The monoisotopic (exact) mass is 410 g/mol. The molecule has 0 amide bonds. The van der Waals surface area contributed by atoms with Crippen LogP contribution in [0.2, 0.25) is 5.02 Å². The third kappa shape index (κ3) is 4.42. The number of carbonyl (C=O) groups is 1. The molecule has 0 spiro atoms. The maximum absolute atomic E-state index is 13.2. The van der Waals surface area contributed by atoms with Crippen LogP contribution in [0.3, 0.4) is 0 Å². The summed E-state index contributed by atoms with van der Waals surface area (Å²) in [5.74, 6) is -0.760. The fraction of sp³-hybridized carbons (Fsp3) is 0.217. The van der Waals surface area contributed by atoms with Gasteiger partial charge in [0.2, 0.25) is 0 Å². The minimum atomic E-state index is -1.03. The molecule has 1 aromatic heterocycles. The van der Waals surface area contributed by atoms with Crippen LogP contribution in [-0.2, 0) is 17.9 Å². The average molecular weight is 411 g/mol. The molecule has 0 aliphatic rings. The van der Waals surface area contributed by atoms with E-state index in [1.54, 1.807) is 28.8 Å². The SMILES string of the molecule is CC(C)Cn1c(CN)c(-c2ccc(Cl)cc2)c2cc(/C=C/C(=O)O)ccc2c1=O. The first-order valence-corrected chi connectivity index (χ1v) is 9.76. The number of aromatic nitrogens is 1. The molecule has 0 saturated heterocycles. The second-order valence-corrected chi connectivity index (χ2v) is 7.76. The maximum Gasteiger partial charge on any atom is 0.328 e. The first-order valence-electron chi connectivity index (χ1n) is 9.38. The lowest BCUT2D eigenvalue weighted by atomic mass is 9.95. The summed E-state index contributed by atoms with van der Waals surface area (Å²) in [5.41, 5.74) is 9.22. The van der Waals surface area contributed by atoms with Gasteiger partial charge in [0, 0.05) is 40.8 Å². The fourth-order valence-corrected chi connectivity index (χ4v) is 3.62. The van der Waals surface area contributed by atoms with Crippen LogP contribution < -0.4 is 11.3 Å².